The number of ether oxygens (including phenoxy) is 2. The zero-order valence-corrected chi connectivity index (χ0v) is 22.8. The van der Waals surface area contributed by atoms with Crippen LogP contribution in [0.5, 0.6) is 0 Å². The minimum Gasteiger partial charge on any atom is -0.463 e. The Morgan fingerprint density at radius 2 is 2.05 bits per heavy atom. The molecule has 0 saturated carbocycles. The van der Waals surface area contributed by atoms with Crippen molar-refractivity contribution in [2.24, 2.45) is 7.05 Å². The minimum absolute atomic E-state index is 0.0302. The topological polar surface area (TPSA) is 132 Å². The van der Waals surface area contributed by atoms with Crippen LogP contribution in [0, 0.1) is 5.82 Å². The number of carbonyl (C=O) groups is 1. The number of aromatic amines is 1. The first-order chi connectivity index (χ1) is 18.7. The largest absolute Gasteiger partial charge is 0.463 e. The number of rotatable bonds is 12. The van der Waals surface area contributed by atoms with E-state index in [1.54, 1.807) is 0 Å². The number of nitrogens with zero attached hydrogens (tertiary/aromatic N) is 4. The molecule has 1 fully saturated rings. The van der Waals surface area contributed by atoms with Crippen LogP contribution < -0.4 is 16.1 Å². The van der Waals surface area contributed by atoms with Gasteiger partial charge in [-0.1, -0.05) is 0 Å². The molecule has 0 amide bonds. The van der Waals surface area contributed by atoms with E-state index in [-0.39, 0.29) is 19.4 Å². The molecule has 3 aromatic rings. The monoisotopic (exact) mass is 585 g/mol. The maximum atomic E-state index is 13.6. The lowest BCUT2D eigenvalue weighted by molar-refractivity contribution is -0.150. The van der Waals surface area contributed by atoms with Crippen LogP contribution in [-0.4, -0.2) is 73.8 Å². The number of H-pyrrole nitrogens is 1. The average Bonchev–Trinajstić information content (AvgIpc) is 3.43. The highest BCUT2D eigenvalue weighted by molar-refractivity contribution is 6.18. The molecule has 14 heteroatoms. The van der Waals surface area contributed by atoms with Crippen molar-refractivity contribution >= 4 is 45.9 Å². The van der Waals surface area contributed by atoms with Gasteiger partial charge in [0, 0.05) is 56.8 Å². The second-order valence-electron chi connectivity index (χ2n) is 9.24. The highest BCUT2D eigenvalue weighted by Gasteiger charge is 2.36. The highest BCUT2D eigenvalue weighted by atomic mass is 35.5. The number of nitrogens with one attached hydrogen (secondary N) is 1. The van der Waals surface area contributed by atoms with Crippen molar-refractivity contribution < 1.29 is 23.8 Å². The predicted molar refractivity (Wildman–Crippen MR) is 144 cm³/mol. The van der Waals surface area contributed by atoms with Gasteiger partial charge < -0.3 is 24.0 Å². The van der Waals surface area contributed by atoms with Crippen LogP contribution in [0.4, 0.5) is 10.1 Å². The van der Waals surface area contributed by atoms with Gasteiger partial charge in [-0.3, -0.25) is 19.1 Å². The number of aliphatic hydroxyl groups excluding tert-OH is 1. The fourth-order valence-electron chi connectivity index (χ4n) is 4.58. The Balaban J connectivity index is 1.28. The third kappa shape index (κ3) is 6.81. The number of esters is 1. The Kier molecular flexibility index (Phi) is 9.65. The third-order valence-electron chi connectivity index (χ3n) is 6.66. The number of anilines is 1. The van der Waals surface area contributed by atoms with Crippen LogP contribution in [-0.2, 0) is 27.7 Å². The number of alkyl halides is 2. The van der Waals surface area contributed by atoms with E-state index >= 15 is 0 Å². The first-order valence-electron chi connectivity index (χ1n) is 12.5. The first-order valence-corrected chi connectivity index (χ1v) is 13.6. The van der Waals surface area contributed by atoms with Gasteiger partial charge in [-0.25, -0.2) is 9.78 Å². The van der Waals surface area contributed by atoms with Gasteiger partial charge >= 0.3 is 11.7 Å². The molecule has 0 spiro atoms. The van der Waals surface area contributed by atoms with Crippen molar-refractivity contribution in [3.63, 3.8) is 0 Å². The molecule has 0 aliphatic carbocycles. The zero-order valence-electron chi connectivity index (χ0n) is 21.3. The van der Waals surface area contributed by atoms with Gasteiger partial charge in [-0.15, -0.1) is 23.2 Å². The molecule has 0 radical (unpaired) electrons. The lowest BCUT2D eigenvalue weighted by atomic mass is 10.2. The maximum absolute atomic E-state index is 13.6. The van der Waals surface area contributed by atoms with Crippen molar-refractivity contribution in [1.29, 1.82) is 0 Å². The molecule has 11 nitrogen and oxygen atoms in total. The van der Waals surface area contributed by atoms with Crippen molar-refractivity contribution in [3.8, 4) is 0 Å². The second-order valence-corrected chi connectivity index (χ2v) is 9.99. The highest BCUT2D eigenvalue weighted by Crippen LogP contribution is 2.28. The number of carbonyl (C=O) groups excluding carboxylic acids is 1. The summed E-state index contributed by atoms with van der Waals surface area (Å²) in [4.78, 5) is 44.2. The summed E-state index contributed by atoms with van der Waals surface area (Å²) < 4.78 is 27.3. The van der Waals surface area contributed by atoms with E-state index in [4.69, 9.17) is 37.7 Å². The van der Waals surface area contributed by atoms with Gasteiger partial charge in [0.2, 0.25) is 5.82 Å². The molecule has 4 rings (SSSR count). The molecule has 1 aliphatic rings. The number of aromatic nitrogens is 4. The summed E-state index contributed by atoms with van der Waals surface area (Å²) >= 11 is 11.9. The lowest BCUT2D eigenvalue weighted by Crippen LogP contribution is -2.34. The summed E-state index contributed by atoms with van der Waals surface area (Å²) in [6.07, 6.45) is -1.07. The molecule has 1 unspecified atom stereocenters. The van der Waals surface area contributed by atoms with E-state index in [1.165, 1.54) is 0 Å². The first kappa shape index (κ1) is 29.1. The van der Waals surface area contributed by atoms with Crippen molar-refractivity contribution in [2.75, 3.05) is 36.4 Å². The Morgan fingerprint density at radius 1 is 1.31 bits per heavy atom. The molecular weight excluding hydrogens is 556 g/mol. The number of halogens is 3. The average molecular weight is 586 g/mol. The third-order valence-corrected chi connectivity index (χ3v) is 7.00. The van der Waals surface area contributed by atoms with Crippen molar-refractivity contribution in [2.45, 2.75) is 44.1 Å². The molecule has 1 saturated heterocycles. The van der Waals surface area contributed by atoms with Gasteiger partial charge in [-0.2, -0.15) is 4.39 Å². The Bertz CT molecular complexity index is 1420. The van der Waals surface area contributed by atoms with Crippen LogP contribution >= 0.6 is 23.2 Å². The van der Waals surface area contributed by atoms with Gasteiger partial charge in [-0.05, 0) is 24.6 Å². The molecule has 0 bridgehead atoms. The molecule has 212 valence electrons. The Morgan fingerprint density at radius 3 is 2.77 bits per heavy atom. The zero-order chi connectivity index (χ0) is 28.1. The number of aryl methyl sites for hydroxylation is 2. The molecule has 1 aliphatic heterocycles. The van der Waals surface area contributed by atoms with E-state index in [9.17, 15) is 23.9 Å². The van der Waals surface area contributed by atoms with Gasteiger partial charge in [0.25, 0.3) is 5.56 Å². The molecule has 39 heavy (non-hydrogen) atoms. The molecular formula is C25H30Cl2FN5O6. The summed E-state index contributed by atoms with van der Waals surface area (Å²) in [6.45, 7) is 1.12. The quantitative estimate of drug-likeness (QED) is 0.244. The summed E-state index contributed by atoms with van der Waals surface area (Å²) in [6, 6.07) is 6.01. The fraction of sp³-hybridized carbons (Fsp3) is 0.520. The molecule has 3 heterocycles. The number of imidazole rings is 1. The number of hydrogen-bond acceptors (Lipinski definition) is 8. The van der Waals surface area contributed by atoms with Crippen LogP contribution in [0.25, 0.3) is 11.0 Å². The number of fused-ring (bicyclic) bond motifs is 1. The van der Waals surface area contributed by atoms with Crippen LogP contribution in [0.3, 0.4) is 0 Å². The fourth-order valence-corrected chi connectivity index (χ4v) is 4.99. The number of hydrogen-bond donors (Lipinski definition) is 2. The SMILES string of the molecule is Cn1c(CCCC(=O)OCC2O[C@@H](n3cc(F)c(=O)[nH]c3=O)C[C@H]2O)nc2cc(N(CCCl)CCCl)ccc21. The normalized spacial score (nSPS) is 19.1. The molecule has 3 atom stereocenters. The van der Waals surface area contributed by atoms with Crippen molar-refractivity contribution in [3.05, 3.63) is 56.9 Å². The van der Waals surface area contributed by atoms with Crippen molar-refractivity contribution in [1.82, 2.24) is 19.1 Å². The summed E-state index contributed by atoms with van der Waals surface area (Å²) in [5, 5.41) is 10.3. The summed E-state index contributed by atoms with van der Waals surface area (Å²) in [5.41, 5.74) is 0.796. The second kappa shape index (κ2) is 12.9. The predicted octanol–water partition coefficient (Wildman–Crippen LogP) is 2.06. The lowest BCUT2D eigenvalue weighted by Gasteiger charge is -2.22. The Labute approximate surface area is 233 Å². The van der Waals surface area contributed by atoms with Crippen LogP contribution in [0.1, 0.15) is 31.3 Å². The van der Waals surface area contributed by atoms with E-state index in [0.29, 0.717) is 37.7 Å². The summed E-state index contributed by atoms with van der Waals surface area (Å²) in [7, 11) is 1.92. The smallest absolute Gasteiger partial charge is 0.330 e. The minimum atomic E-state index is -1.15. The van der Waals surface area contributed by atoms with E-state index < -0.39 is 41.5 Å². The molecule has 1 aromatic carbocycles. The summed E-state index contributed by atoms with van der Waals surface area (Å²) in [5.74, 6) is 0.177. The number of benzene rings is 1. The Hall–Kier alpha value is -2.93. The van der Waals surface area contributed by atoms with Gasteiger partial charge in [0.05, 0.1) is 23.3 Å². The van der Waals surface area contributed by atoms with E-state index in [2.05, 4.69) is 4.90 Å². The van der Waals surface area contributed by atoms with Crippen LogP contribution in [0.15, 0.2) is 34.0 Å². The number of aliphatic hydroxyl groups is 1. The van der Waals surface area contributed by atoms with E-state index in [1.807, 2.05) is 34.8 Å². The van der Waals surface area contributed by atoms with Gasteiger partial charge in [0.15, 0.2) is 0 Å². The van der Waals surface area contributed by atoms with Crippen LogP contribution in [0.2, 0.25) is 0 Å². The van der Waals surface area contributed by atoms with E-state index in [0.717, 1.165) is 33.3 Å². The molecule has 2 N–H and O–H groups in total. The maximum Gasteiger partial charge on any atom is 0.330 e. The molecule has 2 aromatic heterocycles. The standard InChI is InChI=1S/C25H30Cl2FN5O6/c1-31-18-6-5-15(32(9-7-26)10-8-27)11-17(18)29-21(31)3-2-4-23(35)38-14-20-19(34)12-22(39-20)33-13-16(28)24(36)30-25(33)37/h5-6,11,13,19-20,22,34H,2-4,7-10,12,14H2,1H3,(H,30,36,37)/t19-,20?,22-/m1/s1. The van der Waals surface area contributed by atoms with Gasteiger partial charge in [0.1, 0.15) is 24.8 Å².